The highest BCUT2D eigenvalue weighted by Gasteiger charge is 2.18. The standard InChI is InChI=1S/C31H29N3O3/c1-19(2)25-17-26(20(3)16-29(25)37-5)30-33-27-13-9-8-12-24(27)31(35)34(30)32-18-21-14-15-28(36-4)23-11-7-6-10-22(21)23/h6-19H,1-5H3. The number of rotatable bonds is 6. The monoisotopic (exact) mass is 491 g/mol. The molecule has 4 aromatic carbocycles. The summed E-state index contributed by atoms with van der Waals surface area (Å²) in [5.41, 5.74) is 4.10. The zero-order valence-corrected chi connectivity index (χ0v) is 21.6. The molecule has 5 rings (SSSR count). The molecular weight excluding hydrogens is 462 g/mol. The molecular formula is C31H29N3O3. The Morgan fingerprint density at radius 2 is 1.54 bits per heavy atom. The van der Waals surface area contributed by atoms with Crippen molar-refractivity contribution in [2.45, 2.75) is 26.7 Å². The topological polar surface area (TPSA) is 65.7 Å². The van der Waals surface area contributed by atoms with E-state index in [1.165, 1.54) is 4.68 Å². The summed E-state index contributed by atoms with van der Waals surface area (Å²) in [6.07, 6.45) is 1.71. The van der Waals surface area contributed by atoms with Gasteiger partial charge in [0.05, 0.1) is 31.3 Å². The summed E-state index contributed by atoms with van der Waals surface area (Å²) in [5, 5.41) is 7.18. The van der Waals surface area contributed by atoms with E-state index < -0.39 is 0 Å². The van der Waals surface area contributed by atoms with Crippen LogP contribution < -0.4 is 15.0 Å². The second-order valence-corrected chi connectivity index (χ2v) is 9.28. The van der Waals surface area contributed by atoms with Crippen LogP contribution in [-0.4, -0.2) is 30.1 Å². The maximum atomic E-state index is 13.7. The minimum absolute atomic E-state index is 0.226. The van der Waals surface area contributed by atoms with Crippen LogP contribution in [0.2, 0.25) is 0 Å². The summed E-state index contributed by atoms with van der Waals surface area (Å²) in [7, 11) is 3.33. The number of aryl methyl sites for hydroxylation is 1. The second kappa shape index (κ2) is 9.90. The molecule has 1 aromatic heterocycles. The maximum Gasteiger partial charge on any atom is 0.282 e. The first-order valence-corrected chi connectivity index (χ1v) is 12.2. The number of hydrogen-bond acceptors (Lipinski definition) is 5. The lowest BCUT2D eigenvalue weighted by Gasteiger charge is -2.17. The van der Waals surface area contributed by atoms with E-state index in [2.05, 4.69) is 19.9 Å². The molecule has 0 saturated heterocycles. The Morgan fingerprint density at radius 3 is 2.24 bits per heavy atom. The van der Waals surface area contributed by atoms with Crippen molar-refractivity contribution >= 4 is 27.9 Å². The quantitative estimate of drug-likeness (QED) is 0.253. The molecule has 0 aliphatic carbocycles. The molecule has 5 aromatic rings. The Labute approximate surface area is 215 Å². The van der Waals surface area contributed by atoms with Crippen molar-refractivity contribution in [3.05, 3.63) is 99.8 Å². The van der Waals surface area contributed by atoms with Crippen LogP contribution in [0.25, 0.3) is 33.1 Å². The van der Waals surface area contributed by atoms with Crippen LogP contribution in [0, 0.1) is 6.92 Å². The summed E-state index contributed by atoms with van der Waals surface area (Å²) in [6.45, 7) is 6.23. The summed E-state index contributed by atoms with van der Waals surface area (Å²) < 4.78 is 12.6. The second-order valence-electron chi connectivity index (χ2n) is 9.28. The molecule has 0 fully saturated rings. The zero-order valence-electron chi connectivity index (χ0n) is 21.6. The molecule has 6 nitrogen and oxygen atoms in total. The smallest absolute Gasteiger partial charge is 0.282 e. The Morgan fingerprint density at radius 1 is 0.865 bits per heavy atom. The molecule has 6 heteroatoms. The third-order valence-corrected chi connectivity index (χ3v) is 6.64. The molecule has 37 heavy (non-hydrogen) atoms. The first-order chi connectivity index (χ1) is 17.9. The Balaban J connectivity index is 1.77. The van der Waals surface area contributed by atoms with Gasteiger partial charge in [0.15, 0.2) is 5.82 Å². The minimum Gasteiger partial charge on any atom is -0.496 e. The van der Waals surface area contributed by atoms with E-state index in [0.717, 1.165) is 44.5 Å². The first-order valence-electron chi connectivity index (χ1n) is 12.2. The number of fused-ring (bicyclic) bond motifs is 2. The minimum atomic E-state index is -0.226. The van der Waals surface area contributed by atoms with E-state index in [-0.39, 0.29) is 11.5 Å². The Kier molecular flexibility index (Phi) is 6.49. The van der Waals surface area contributed by atoms with Gasteiger partial charge >= 0.3 is 0 Å². The van der Waals surface area contributed by atoms with Gasteiger partial charge in [-0.1, -0.05) is 50.2 Å². The van der Waals surface area contributed by atoms with Gasteiger partial charge in [0.1, 0.15) is 11.5 Å². The molecule has 0 N–H and O–H groups in total. The Hall–Kier alpha value is -4.45. The summed E-state index contributed by atoms with van der Waals surface area (Å²) in [6, 6.07) is 23.2. The molecule has 0 radical (unpaired) electrons. The van der Waals surface area contributed by atoms with Gasteiger partial charge < -0.3 is 9.47 Å². The van der Waals surface area contributed by atoms with Gasteiger partial charge in [-0.3, -0.25) is 4.79 Å². The van der Waals surface area contributed by atoms with Crippen molar-refractivity contribution in [3.63, 3.8) is 0 Å². The molecule has 0 bridgehead atoms. The van der Waals surface area contributed by atoms with Crippen LogP contribution >= 0.6 is 0 Å². The lowest BCUT2D eigenvalue weighted by Crippen LogP contribution is -2.20. The van der Waals surface area contributed by atoms with E-state index in [4.69, 9.17) is 19.6 Å². The predicted octanol–water partition coefficient (Wildman–Crippen LogP) is 6.55. The molecule has 186 valence electrons. The molecule has 0 saturated carbocycles. The molecule has 0 unspecified atom stereocenters. The molecule has 0 spiro atoms. The highest BCUT2D eigenvalue weighted by atomic mass is 16.5. The fourth-order valence-electron chi connectivity index (χ4n) is 4.68. The number of nitrogens with zero attached hydrogens (tertiary/aromatic N) is 3. The van der Waals surface area contributed by atoms with Gasteiger partial charge in [-0.05, 0) is 65.8 Å². The zero-order chi connectivity index (χ0) is 26.1. The fraction of sp³-hybridized carbons (Fsp3) is 0.194. The van der Waals surface area contributed by atoms with Crippen LogP contribution in [0.4, 0.5) is 0 Å². The first kappa shape index (κ1) is 24.3. The predicted molar refractivity (Wildman–Crippen MR) is 150 cm³/mol. The highest BCUT2D eigenvalue weighted by Crippen LogP contribution is 2.34. The fourth-order valence-corrected chi connectivity index (χ4v) is 4.68. The lowest BCUT2D eigenvalue weighted by atomic mass is 9.96. The summed E-state index contributed by atoms with van der Waals surface area (Å²) in [4.78, 5) is 18.6. The van der Waals surface area contributed by atoms with Crippen molar-refractivity contribution in [1.82, 2.24) is 9.66 Å². The number of aromatic nitrogens is 2. The van der Waals surface area contributed by atoms with Gasteiger partial charge in [0, 0.05) is 16.5 Å². The SMILES string of the molecule is COc1cc(C)c(-c2nc3ccccc3c(=O)n2N=Cc2ccc(OC)c3ccccc23)cc1C(C)C. The van der Waals surface area contributed by atoms with Crippen molar-refractivity contribution in [2.24, 2.45) is 5.10 Å². The third kappa shape index (κ3) is 4.35. The summed E-state index contributed by atoms with van der Waals surface area (Å²) >= 11 is 0. The number of methoxy groups -OCH3 is 2. The highest BCUT2D eigenvalue weighted by molar-refractivity contribution is 6.02. The lowest BCUT2D eigenvalue weighted by molar-refractivity contribution is 0.407. The van der Waals surface area contributed by atoms with Gasteiger partial charge in [0.25, 0.3) is 5.56 Å². The molecule has 0 atom stereocenters. The Bertz CT molecular complexity index is 1720. The van der Waals surface area contributed by atoms with E-state index in [9.17, 15) is 4.79 Å². The van der Waals surface area contributed by atoms with Gasteiger partial charge in [-0.15, -0.1) is 0 Å². The molecule has 1 heterocycles. The maximum absolute atomic E-state index is 13.7. The van der Waals surface area contributed by atoms with E-state index in [1.54, 1.807) is 26.5 Å². The molecule has 0 aliphatic heterocycles. The third-order valence-electron chi connectivity index (χ3n) is 6.64. The number of ether oxygens (including phenoxy) is 2. The van der Waals surface area contributed by atoms with Crippen molar-refractivity contribution in [3.8, 4) is 22.9 Å². The number of para-hydroxylation sites is 1. The van der Waals surface area contributed by atoms with Crippen LogP contribution in [0.5, 0.6) is 11.5 Å². The average Bonchev–Trinajstić information content (AvgIpc) is 2.92. The number of hydrogen-bond donors (Lipinski definition) is 0. The van der Waals surface area contributed by atoms with E-state index >= 15 is 0 Å². The van der Waals surface area contributed by atoms with Gasteiger partial charge in [0.2, 0.25) is 0 Å². The molecule has 0 aliphatic rings. The van der Waals surface area contributed by atoms with Gasteiger partial charge in [-0.2, -0.15) is 9.78 Å². The summed E-state index contributed by atoms with van der Waals surface area (Å²) in [5.74, 6) is 2.32. The van der Waals surface area contributed by atoms with Crippen LogP contribution in [0.1, 0.15) is 36.5 Å². The van der Waals surface area contributed by atoms with Gasteiger partial charge in [-0.25, -0.2) is 4.98 Å². The van der Waals surface area contributed by atoms with Crippen molar-refractivity contribution < 1.29 is 9.47 Å². The van der Waals surface area contributed by atoms with E-state index in [0.29, 0.717) is 16.7 Å². The van der Waals surface area contributed by atoms with Crippen molar-refractivity contribution in [1.29, 1.82) is 0 Å². The van der Waals surface area contributed by atoms with Crippen molar-refractivity contribution in [2.75, 3.05) is 14.2 Å². The van der Waals surface area contributed by atoms with Crippen LogP contribution in [-0.2, 0) is 0 Å². The van der Waals surface area contributed by atoms with Crippen LogP contribution in [0.3, 0.4) is 0 Å². The normalized spacial score (nSPS) is 11.6. The largest absolute Gasteiger partial charge is 0.496 e. The van der Waals surface area contributed by atoms with E-state index in [1.807, 2.05) is 67.6 Å². The average molecular weight is 492 g/mol. The van der Waals surface area contributed by atoms with Crippen LogP contribution in [0.15, 0.2) is 82.7 Å². The number of benzene rings is 4. The molecule has 0 amide bonds.